The van der Waals surface area contributed by atoms with Crippen LogP contribution in [0.1, 0.15) is 47.3 Å². The van der Waals surface area contributed by atoms with E-state index >= 15 is 0 Å². The number of pyridine rings is 2. The van der Waals surface area contributed by atoms with E-state index in [4.69, 9.17) is 18.9 Å². The van der Waals surface area contributed by atoms with Gasteiger partial charge in [-0.25, -0.2) is 35.6 Å². The molecule has 0 saturated heterocycles. The lowest BCUT2D eigenvalue weighted by Crippen LogP contribution is -2.16. The summed E-state index contributed by atoms with van der Waals surface area (Å²) >= 11 is 0. The van der Waals surface area contributed by atoms with E-state index in [-0.39, 0.29) is 23.8 Å². The molecule has 8 rings (SSSR count). The Bertz CT molecular complexity index is 2450. The minimum Gasteiger partial charge on any atom is -0.485 e. The van der Waals surface area contributed by atoms with Gasteiger partial charge in [0.05, 0.1) is 36.3 Å². The summed E-state index contributed by atoms with van der Waals surface area (Å²) < 4.78 is 101. The van der Waals surface area contributed by atoms with Gasteiger partial charge in [-0.2, -0.15) is 0 Å². The number of halogens is 2. The average Bonchev–Trinajstić information content (AvgIpc) is 3.19. The van der Waals surface area contributed by atoms with Crippen molar-refractivity contribution in [1.82, 2.24) is 9.97 Å². The predicted molar refractivity (Wildman–Crippen MR) is 215 cm³/mol. The predicted octanol–water partition coefficient (Wildman–Crippen LogP) is 8.90. The molecular weight excluding hydrogens is 791 g/mol. The molecule has 0 bridgehead atoms. The molecular formula is C42H38F2N4O8S2. The number of ether oxygens (including phenoxy) is 4. The van der Waals surface area contributed by atoms with Crippen LogP contribution in [0.5, 0.6) is 34.8 Å². The van der Waals surface area contributed by atoms with Crippen LogP contribution in [0.25, 0.3) is 0 Å². The number of benzene rings is 4. The van der Waals surface area contributed by atoms with Crippen molar-refractivity contribution >= 4 is 31.4 Å². The van der Waals surface area contributed by atoms with Crippen molar-refractivity contribution in [3.8, 4) is 34.8 Å². The summed E-state index contributed by atoms with van der Waals surface area (Å²) in [6.07, 6.45) is 7.09. The lowest BCUT2D eigenvalue weighted by atomic mass is 9.97. The molecule has 0 aliphatic carbocycles. The van der Waals surface area contributed by atoms with Crippen LogP contribution in [0.2, 0.25) is 0 Å². The van der Waals surface area contributed by atoms with Gasteiger partial charge in [0.2, 0.25) is 31.8 Å². The molecule has 0 amide bonds. The summed E-state index contributed by atoms with van der Waals surface area (Å²) in [4.78, 5) is 8.22. The summed E-state index contributed by atoms with van der Waals surface area (Å²) in [7, 11) is -6.71. The molecule has 2 aliphatic heterocycles. The first-order valence-corrected chi connectivity index (χ1v) is 21.8. The summed E-state index contributed by atoms with van der Waals surface area (Å²) in [5.74, 6) is 2.74. The fourth-order valence-corrected chi connectivity index (χ4v) is 7.54. The molecule has 58 heavy (non-hydrogen) atoms. The van der Waals surface area contributed by atoms with Crippen LogP contribution in [-0.2, 0) is 32.9 Å². The fraction of sp³-hybridized carbons (Fsp3) is 0.190. The molecule has 12 nitrogen and oxygen atoms in total. The maximum atomic E-state index is 14.0. The molecule has 4 heterocycles. The molecule has 2 atom stereocenters. The number of fused-ring (bicyclic) bond motifs is 2. The Hall–Kier alpha value is -6.26. The maximum absolute atomic E-state index is 14.0. The number of aromatic nitrogens is 2. The smallest absolute Gasteiger partial charge is 0.229 e. The highest BCUT2D eigenvalue weighted by Gasteiger charge is 2.25. The number of hydrogen-bond donors (Lipinski definition) is 2. The van der Waals surface area contributed by atoms with Gasteiger partial charge < -0.3 is 18.9 Å². The average molecular weight is 829 g/mol. The second kappa shape index (κ2) is 17.1. The van der Waals surface area contributed by atoms with Crippen LogP contribution in [0.3, 0.4) is 0 Å². The Morgan fingerprint density at radius 3 is 1.36 bits per heavy atom. The first-order chi connectivity index (χ1) is 27.7. The van der Waals surface area contributed by atoms with E-state index in [0.717, 1.165) is 36.5 Å². The minimum absolute atomic E-state index is 0.263. The molecule has 2 N–H and O–H groups in total. The van der Waals surface area contributed by atoms with Gasteiger partial charge in [-0.05, 0) is 97.5 Å². The monoisotopic (exact) mass is 828 g/mol. The maximum Gasteiger partial charge on any atom is 0.229 e. The molecule has 0 spiro atoms. The summed E-state index contributed by atoms with van der Waals surface area (Å²) in [6, 6.07) is 30.5. The molecule has 0 radical (unpaired) electrons. The van der Waals surface area contributed by atoms with Gasteiger partial charge in [-0.1, -0.05) is 36.4 Å². The van der Waals surface area contributed by atoms with Gasteiger partial charge >= 0.3 is 0 Å². The highest BCUT2D eigenvalue weighted by Crippen LogP contribution is 2.39. The van der Waals surface area contributed by atoms with Crippen molar-refractivity contribution in [1.29, 1.82) is 0 Å². The van der Waals surface area contributed by atoms with Crippen molar-refractivity contribution < 1.29 is 44.6 Å². The van der Waals surface area contributed by atoms with Crippen molar-refractivity contribution in [2.45, 2.75) is 37.9 Å². The number of anilines is 2. The standard InChI is InChI=1S/2C21H19FN2O4S/c2*1-29(25,26)24-15-7-11-21(23-13-15)27-16-8-10-19-14(12-16)6-9-20(28-19)17-4-2-3-5-18(17)22/h2*2-5,7-8,10-13,20,24H,6,9H2,1H3. The molecule has 0 saturated carbocycles. The lowest BCUT2D eigenvalue weighted by molar-refractivity contribution is 0.171. The number of aryl methyl sites for hydroxylation is 2. The van der Waals surface area contributed by atoms with Crippen LogP contribution in [0, 0.1) is 11.6 Å². The molecule has 4 aromatic carbocycles. The van der Waals surface area contributed by atoms with Crippen LogP contribution >= 0.6 is 0 Å². The van der Waals surface area contributed by atoms with E-state index in [0.29, 0.717) is 70.1 Å². The van der Waals surface area contributed by atoms with Crippen LogP contribution < -0.4 is 28.4 Å². The van der Waals surface area contributed by atoms with Gasteiger partial charge in [-0.3, -0.25) is 9.44 Å². The van der Waals surface area contributed by atoms with E-state index in [1.807, 2.05) is 12.1 Å². The number of nitrogens with zero attached hydrogens (tertiary/aromatic N) is 2. The normalized spacial score (nSPS) is 15.9. The second-order valence-electron chi connectivity index (χ2n) is 13.6. The van der Waals surface area contributed by atoms with E-state index < -0.39 is 20.0 Å². The zero-order chi connectivity index (χ0) is 40.9. The first kappa shape index (κ1) is 40.0. The fourth-order valence-electron chi connectivity index (χ4n) is 6.44. The van der Waals surface area contributed by atoms with Crippen molar-refractivity contribution in [3.63, 3.8) is 0 Å². The van der Waals surface area contributed by atoms with Gasteiger partial charge in [0.1, 0.15) is 46.8 Å². The van der Waals surface area contributed by atoms with Crippen molar-refractivity contribution in [3.05, 3.63) is 155 Å². The van der Waals surface area contributed by atoms with Crippen molar-refractivity contribution in [2.75, 3.05) is 22.0 Å². The van der Waals surface area contributed by atoms with E-state index in [2.05, 4.69) is 19.4 Å². The third-order valence-electron chi connectivity index (χ3n) is 8.98. The number of nitrogens with one attached hydrogen (secondary N) is 2. The first-order valence-electron chi connectivity index (χ1n) is 18.1. The Morgan fingerprint density at radius 1 is 0.586 bits per heavy atom. The zero-order valence-corrected chi connectivity index (χ0v) is 32.9. The van der Waals surface area contributed by atoms with Gasteiger partial charge in [-0.15, -0.1) is 0 Å². The number of rotatable bonds is 10. The Labute approximate surface area is 334 Å². The largest absolute Gasteiger partial charge is 0.485 e. The zero-order valence-electron chi connectivity index (χ0n) is 31.3. The van der Waals surface area contributed by atoms with E-state index in [1.54, 1.807) is 84.9 Å². The quantitative estimate of drug-likeness (QED) is 0.137. The Balaban J connectivity index is 0.000000177. The van der Waals surface area contributed by atoms with E-state index in [9.17, 15) is 25.6 Å². The summed E-state index contributed by atoms with van der Waals surface area (Å²) in [6.45, 7) is 0. The van der Waals surface area contributed by atoms with Crippen molar-refractivity contribution in [2.24, 2.45) is 0 Å². The Kier molecular flexibility index (Phi) is 11.8. The summed E-state index contributed by atoms with van der Waals surface area (Å²) in [5, 5.41) is 0. The molecule has 2 unspecified atom stereocenters. The van der Waals surface area contributed by atoms with Gasteiger partial charge in [0.15, 0.2) is 0 Å². The lowest BCUT2D eigenvalue weighted by Gasteiger charge is -2.27. The molecule has 2 aromatic heterocycles. The van der Waals surface area contributed by atoms with E-state index in [1.165, 1.54) is 24.5 Å². The van der Waals surface area contributed by atoms with Gasteiger partial charge in [0.25, 0.3) is 0 Å². The SMILES string of the molecule is CS(=O)(=O)Nc1ccc(Oc2ccc3c(c2)CCC(c2ccccc2F)O3)nc1.CS(=O)(=O)Nc1ccc(Oc2ccc3c(c2)CCC(c2ccccc2F)O3)nc1. The summed E-state index contributed by atoms with van der Waals surface area (Å²) in [5.41, 5.74) is 3.79. The van der Waals surface area contributed by atoms with Crippen LogP contribution in [0.4, 0.5) is 20.2 Å². The number of sulfonamides is 2. The van der Waals surface area contributed by atoms with Crippen LogP contribution in [0.15, 0.2) is 122 Å². The highest BCUT2D eigenvalue weighted by atomic mass is 32.2. The molecule has 16 heteroatoms. The van der Waals surface area contributed by atoms with Gasteiger partial charge in [0, 0.05) is 23.3 Å². The molecule has 2 aliphatic rings. The minimum atomic E-state index is -3.35. The molecule has 0 fully saturated rings. The third kappa shape index (κ3) is 10.6. The Morgan fingerprint density at radius 2 is 1.00 bits per heavy atom. The number of hydrogen-bond acceptors (Lipinski definition) is 10. The van der Waals surface area contributed by atoms with Crippen LogP contribution in [-0.4, -0.2) is 39.3 Å². The molecule has 6 aromatic rings. The third-order valence-corrected chi connectivity index (χ3v) is 10.2. The highest BCUT2D eigenvalue weighted by molar-refractivity contribution is 7.92. The topological polar surface area (TPSA) is 155 Å². The molecule has 300 valence electrons. The second-order valence-corrected chi connectivity index (χ2v) is 17.1.